The second kappa shape index (κ2) is 6.47. The summed E-state index contributed by atoms with van der Waals surface area (Å²) in [5.41, 5.74) is 2.89. The van der Waals surface area contributed by atoms with Crippen LogP contribution in [0.5, 0.6) is 0 Å². The lowest BCUT2D eigenvalue weighted by molar-refractivity contribution is -0.152. The fourth-order valence-corrected chi connectivity index (χ4v) is 3.41. The summed E-state index contributed by atoms with van der Waals surface area (Å²) in [4.78, 5) is 26.0. The molecule has 1 aromatic carbocycles. The summed E-state index contributed by atoms with van der Waals surface area (Å²) in [6.07, 6.45) is 4.07. The molecule has 1 saturated heterocycles. The van der Waals surface area contributed by atoms with Gasteiger partial charge in [-0.3, -0.25) is 14.3 Å². The first-order valence-corrected chi connectivity index (χ1v) is 8.02. The third-order valence-corrected chi connectivity index (χ3v) is 4.53. The van der Waals surface area contributed by atoms with Gasteiger partial charge >= 0.3 is 5.97 Å². The number of carbonyl (C=O) groups is 2. The number of rotatable bonds is 4. The standard InChI is InChI=1S/C18H21N3O3/c1-12-4-3-5-13(8-12)10-21-16(22)7-6-15(18(23)24)17(21)14-9-19-20(2)11-14/h3-5,8-9,11,15,17H,6-7,10H2,1-2H3,(H,23,24)/t15-,17-/m0/s1. The van der Waals surface area contributed by atoms with Crippen molar-refractivity contribution in [1.82, 2.24) is 14.7 Å². The Balaban J connectivity index is 1.98. The van der Waals surface area contributed by atoms with Gasteiger partial charge in [-0.1, -0.05) is 29.8 Å². The van der Waals surface area contributed by atoms with Gasteiger partial charge in [-0.25, -0.2) is 0 Å². The van der Waals surface area contributed by atoms with E-state index in [0.717, 1.165) is 16.7 Å². The smallest absolute Gasteiger partial charge is 0.308 e. The molecule has 2 aromatic rings. The number of aliphatic carboxylic acids is 1. The fourth-order valence-electron chi connectivity index (χ4n) is 3.41. The fraction of sp³-hybridized carbons (Fsp3) is 0.389. The summed E-state index contributed by atoms with van der Waals surface area (Å²) >= 11 is 0. The Bertz CT molecular complexity index is 768. The molecule has 0 saturated carbocycles. The number of hydrogen-bond donors (Lipinski definition) is 1. The molecule has 2 heterocycles. The van der Waals surface area contributed by atoms with Crippen LogP contribution in [-0.2, 0) is 23.2 Å². The number of carboxylic acids is 1. The predicted octanol–water partition coefficient (Wildman–Crippen LogP) is 2.29. The highest BCUT2D eigenvalue weighted by atomic mass is 16.4. The van der Waals surface area contributed by atoms with Gasteiger partial charge < -0.3 is 10.0 Å². The monoisotopic (exact) mass is 327 g/mol. The quantitative estimate of drug-likeness (QED) is 0.935. The second-order valence-corrected chi connectivity index (χ2v) is 6.39. The van der Waals surface area contributed by atoms with Crippen LogP contribution >= 0.6 is 0 Å². The first kappa shape index (κ1) is 16.2. The van der Waals surface area contributed by atoms with Crippen LogP contribution in [0.25, 0.3) is 0 Å². The Morgan fingerprint density at radius 3 is 2.83 bits per heavy atom. The molecule has 6 nitrogen and oxygen atoms in total. The van der Waals surface area contributed by atoms with Crippen molar-refractivity contribution in [3.63, 3.8) is 0 Å². The van der Waals surface area contributed by atoms with E-state index in [0.29, 0.717) is 13.0 Å². The topological polar surface area (TPSA) is 75.4 Å². The Morgan fingerprint density at radius 2 is 2.21 bits per heavy atom. The summed E-state index contributed by atoms with van der Waals surface area (Å²) in [5, 5.41) is 13.8. The highest BCUT2D eigenvalue weighted by Gasteiger charge is 2.41. The molecule has 24 heavy (non-hydrogen) atoms. The van der Waals surface area contributed by atoms with Crippen LogP contribution in [0.4, 0.5) is 0 Å². The SMILES string of the molecule is Cc1cccc(CN2C(=O)CC[C@H](C(=O)O)[C@@H]2c2cnn(C)c2)c1. The molecule has 6 heteroatoms. The molecule has 1 amide bonds. The van der Waals surface area contributed by atoms with Gasteiger partial charge in [-0.2, -0.15) is 5.10 Å². The largest absolute Gasteiger partial charge is 0.481 e. The van der Waals surface area contributed by atoms with Crippen LogP contribution in [-0.4, -0.2) is 31.7 Å². The minimum absolute atomic E-state index is 0.0112. The van der Waals surface area contributed by atoms with Crippen LogP contribution in [0.2, 0.25) is 0 Å². The van der Waals surface area contributed by atoms with Crippen LogP contribution in [0.1, 0.15) is 35.6 Å². The highest BCUT2D eigenvalue weighted by Crippen LogP contribution is 2.37. The number of amides is 1. The van der Waals surface area contributed by atoms with Crippen molar-refractivity contribution in [1.29, 1.82) is 0 Å². The van der Waals surface area contributed by atoms with E-state index in [2.05, 4.69) is 5.10 Å². The average Bonchev–Trinajstić information content (AvgIpc) is 2.95. The highest BCUT2D eigenvalue weighted by molar-refractivity contribution is 5.81. The Labute approximate surface area is 140 Å². The Morgan fingerprint density at radius 1 is 1.42 bits per heavy atom. The number of aromatic nitrogens is 2. The van der Waals surface area contributed by atoms with Crippen molar-refractivity contribution in [2.24, 2.45) is 13.0 Å². The van der Waals surface area contributed by atoms with Crippen molar-refractivity contribution in [2.75, 3.05) is 0 Å². The van der Waals surface area contributed by atoms with Crippen LogP contribution in [0.15, 0.2) is 36.7 Å². The molecule has 0 unspecified atom stereocenters. The van der Waals surface area contributed by atoms with Crippen LogP contribution in [0, 0.1) is 12.8 Å². The van der Waals surface area contributed by atoms with E-state index in [1.165, 1.54) is 0 Å². The molecule has 0 radical (unpaired) electrons. The molecule has 1 aromatic heterocycles. The van der Waals surface area contributed by atoms with Crippen LogP contribution in [0.3, 0.4) is 0 Å². The molecular formula is C18H21N3O3. The van der Waals surface area contributed by atoms with E-state index in [9.17, 15) is 14.7 Å². The van der Waals surface area contributed by atoms with Gasteiger partial charge in [0.25, 0.3) is 0 Å². The summed E-state index contributed by atoms with van der Waals surface area (Å²) in [6, 6.07) is 7.45. The second-order valence-electron chi connectivity index (χ2n) is 6.39. The van der Waals surface area contributed by atoms with Gasteiger partial charge in [0.15, 0.2) is 0 Å². The number of nitrogens with zero attached hydrogens (tertiary/aromatic N) is 3. The van der Waals surface area contributed by atoms with Gasteiger partial charge in [-0.15, -0.1) is 0 Å². The number of carbonyl (C=O) groups excluding carboxylic acids is 1. The molecule has 1 N–H and O–H groups in total. The van der Waals surface area contributed by atoms with Crippen LogP contribution < -0.4 is 0 Å². The average molecular weight is 327 g/mol. The summed E-state index contributed by atoms with van der Waals surface area (Å²) in [6.45, 7) is 2.41. The van der Waals surface area contributed by atoms with Gasteiger partial charge in [-0.05, 0) is 18.9 Å². The maximum Gasteiger partial charge on any atom is 0.308 e. The minimum Gasteiger partial charge on any atom is -0.481 e. The maximum atomic E-state index is 12.5. The normalized spacial score (nSPS) is 21.1. The van der Waals surface area contributed by atoms with Gasteiger partial charge in [0.1, 0.15) is 0 Å². The molecule has 0 aliphatic carbocycles. The lowest BCUT2D eigenvalue weighted by Gasteiger charge is -2.39. The lowest BCUT2D eigenvalue weighted by atomic mass is 9.85. The van der Waals surface area contributed by atoms with E-state index >= 15 is 0 Å². The predicted molar refractivity (Wildman–Crippen MR) is 88.0 cm³/mol. The Hall–Kier alpha value is -2.63. The molecule has 1 aliphatic rings. The summed E-state index contributed by atoms with van der Waals surface area (Å²) in [5.74, 6) is -1.50. The molecule has 2 atom stereocenters. The summed E-state index contributed by atoms with van der Waals surface area (Å²) < 4.78 is 1.64. The van der Waals surface area contributed by atoms with E-state index < -0.39 is 17.9 Å². The summed E-state index contributed by atoms with van der Waals surface area (Å²) in [7, 11) is 1.79. The van der Waals surface area contributed by atoms with E-state index in [4.69, 9.17) is 0 Å². The number of piperidine rings is 1. The van der Waals surface area contributed by atoms with E-state index in [-0.39, 0.29) is 12.3 Å². The van der Waals surface area contributed by atoms with Crippen molar-refractivity contribution in [3.05, 3.63) is 53.3 Å². The van der Waals surface area contributed by atoms with Crippen molar-refractivity contribution >= 4 is 11.9 Å². The van der Waals surface area contributed by atoms with Crippen molar-refractivity contribution in [3.8, 4) is 0 Å². The molecule has 1 aliphatic heterocycles. The van der Waals surface area contributed by atoms with Gasteiger partial charge in [0, 0.05) is 31.8 Å². The molecule has 3 rings (SSSR count). The Kier molecular flexibility index (Phi) is 4.38. The van der Waals surface area contributed by atoms with E-state index in [1.54, 1.807) is 29.0 Å². The first-order valence-electron chi connectivity index (χ1n) is 8.02. The zero-order valence-electron chi connectivity index (χ0n) is 13.8. The minimum atomic E-state index is -0.870. The number of hydrogen-bond acceptors (Lipinski definition) is 3. The van der Waals surface area contributed by atoms with Crippen molar-refractivity contribution in [2.45, 2.75) is 32.4 Å². The number of likely N-dealkylation sites (tertiary alicyclic amines) is 1. The van der Waals surface area contributed by atoms with Gasteiger partial charge in [0.05, 0.1) is 18.2 Å². The third kappa shape index (κ3) is 3.18. The zero-order chi connectivity index (χ0) is 17.3. The number of aryl methyl sites for hydroxylation is 2. The van der Waals surface area contributed by atoms with E-state index in [1.807, 2.05) is 31.2 Å². The first-order chi connectivity index (χ1) is 11.5. The molecular weight excluding hydrogens is 306 g/mol. The molecule has 0 spiro atoms. The zero-order valence-corrected chi connectivity index (χ0v) is 13.8. The third-order valence-electron chi connectivity index (χ3n) is 4.53. The van der Waals surface area contributed by atoms with Crippen molar-refractivity contribution < 1.29 is 14.7 Å². The van der Waals surface area contributed by atoms with Gasteiger partial charge in [0.2, 0.25) is 5.91 Å². The molecule has 0 bridgehead atoms. The number of carboxylic acid groups (broad SMARTS) is 1. The molecule has 1 fully saturated rings. The molecule has 126 valence electrons. The number of benzene rings is 1. The maximum absolute atomic E-state index is 12.5. The lowest BCUT2D eigenvalue weighted by Crippen LogP contribution is -2.44.